The lowest BCUT2D eigenvalue weighted by atomic mass is 10.1. The van der Waals surface area contributed by atoms with Crippen LogP contribution in [0.1, 0.15) is 56.0 Å². The second-order valence-electron chi connectivity index (χ2n) is 7.70. The van der Waals surface area contributed by atoms with Crippen LogP contribution in [-0.4, -0.2) is 42.3 Å². The Kier molecular flexibility index (Phi) is 8.26. The molecule has 6 nitrogen and oxygen atoms in total. The second kappa shape index (κ2) is 10.5. The number of allylic oxidation sites excluding steroid dienone is 1. The fourth-order valence-corrected chi connectivity index (χ4v) is 3.35. The first kappa shape index (κ1) is 23.7. The van der Waals surface area contributed by atoms with E-state index in [-0.39, 0.29) is 23.5 Å². The summed E-state index contributed by atoms with van der Waals surface area (Å²) in [7, 11) is 1.48. The van der Waals surface area contributed by atoms with Gasteiger partial charge in [0.1, 0.15) is 29.3 Å². The highest BCUT2D eigenvalue weighted by molar-refractivity contribution is 5.97. The van der Waals surface area contributed by atoms with Crippen LogP contribution in [0.3, 0.4) is 0 Å². The fraction of sp³-hybridized carbons (Fsp3) is 0.458. The SMILES string of the molecule is C=CCC[C@@H]1OC(C)(C)O[C@@H]1/C=C/C[C@H](C)OC(=O)c1c(O)cc(OC)cc1C=C. The first-order valence-corrected chi connectivity index (χ1v) is 10.1. The van der Waals surface area contributed by atoms with E-state index in [2.05, 4.69) is 13.2 Å². The first-order chi connectivity index (χ1) is 14.2. The van der Waals surface area contributed by atoms with Crippen molar-refractivity contribution in [3.8, 4) is 11.5 Å². The van der Waals surface area contributed by atoms with Gasteiger partial charge in [-0.05, 0) is 45.2 Å². The van der Waals surface area contributed by atoms with E-state index in [0.717, 1.165) is 12.8 Å². The van der Waals surface area contributed by atoms with Gasteiger partial charge in [0.05, 0.1) is 13.2 Å². The summed E-state index contributed by atoms with van der Waals surface area (Å²) in [5.74, 6) is -1.02. The molecule has 6 heteroatoms. The topological polar surface area (TPSA) is 74.2 Å². The van der Waals surface area contributed by atoms with Gasteiger partial charge in [0.25, 0.3) is 0 Å². The maximum atomic E-state index is 12.6. The second-order valence-corrected chi connectivity index (χ2v) is 7.70. The van der Waals surface area contributed by atoms with Crippen molar-refractivity contribution in [2.45, 2.75) is 64.1 Å². The number of carbonyl (C=O) groups excluding carboxylic acids is 1. The number of hydrogen-bond donors (Lipinski definition) is 1. The van der Waals surface area contributed by atoms with E-state index < -0.39 is 17.9 Å². The maximum absolute atomic E-state index is 12.6. The van der Waals surface area contributed by atoms with Gasteiger partial charge in [-0.1, -0.05) is 30.9 Å². The van der Waals surface area contributed by atoms with Crippen molar-refractivity contribution in [3.63, 3.8) is 0 Å². The molecule has 0 aromatic heterocycles. The summed E-state index contributed by atoms with van der Waals surface area (Å²) in [6.45, 7) is 13.0. The third-order valence-corrected chi connectivity index (χ3v) is 4.76. The number of methoxy groups -OCH3 is 1. The van der Waals surface area contributed by atoms with Gasteiger partial charge in [-0.3, -0.25) is 0 Å². The Labute approximate surface area is 178 Å². The van der Waals surface area contributed by atoms with E-state index in [1.165, 1.54) is 19.3 Å². The molecule has 1 aromatic rings. The fourth-order valence-electron chi connectivity index (χ4n) is 3.35. The number of carbonyl (C=O) groups is 1. The molecule has 3 atom stereocenters. The molecule has 0 amide bonds. The van der Waals surface area contributed by atoms with E-state index in [0.29, 0.717) is 17.7 Å². The quantitative estimate of drug-likeness (QED) is 0.426. The highest BCUT2D eigenvalue weighted by Gasteiger charge is 2.39. The summed E-state index contributed by atoms with van der Waals surface area (Å²) in [4.78, 5) is 12.6. The Balaban J connectivity index is 1.99. The van der Waals surface area contributed by atoms with Crippen molar-refractivity contribution in [2.75, 3.05) is 7.11 Å². The summed E-state index contributed by atoms with van der Waals surface area (Å²) in [5.41, 5.74) is 0.517. The van der Waals surface area contributed by atoms with Crippen molar-refractivity contribution in [1.82, 2.24) is 0 Å². The van der Waals surface area contributed by atoms with Crippen LogP contribution in [-0.2, 0) is 14.2 Å². The van der Waals surface area contributed by atoms with Crippen LogP contribution < -0.4 is 4.74 Å². The van der Waals surface area contributed by atoms with Gasteiger partial charge in [0.15, 0.2) is 5.79 Å². The molecule has 0 aliphatic carbocycles. The molecule has 1 aliphatic heterocycles. The van der Waals surface area contributed by atoms with Gasteiger partial charge in [0, 0.05) is 12.5 Å². The normalized spacial score (nSPS) is 21.3. The van der Waals surface area contributed by atoms with Crippen LogP contribution >= 0.6 is 0 Å². The van der Waals surface area contributed by atoms with Crippen molar-refractivity contribution < 1.29 is 28.8 Å². The van der Waals surface area contributed by atoms with Crippen LogP contribution in [0.2, 0.25) is 0 Å². The smallest absolute Gasteiger partial charge is 0.342 e. The molecule has 0 saturated carbocycles. The molecule has 30 heavy (non-hydrogen) atoms. The number of hydrogen-bond acceptors (Lipinski definition) is 6. The predicted molar refractivity (Wildman–Crippen MR) is 117 cm³/mol. The number of rotatable bonds is 10. The molecule has 164 valence electrons. The molecule has 1 saturated heterocycles. The largest absolute Gasteiger partial charge is 0.507 e. The van der Waals surface area contributed by atoms with Gasteiger partial charge >= 0.3 is 5.97 Å². The summed E-state index contributed by atoms with van der Waals surface area (Å²) in [6, 6.07) is 2.99. The summed E-state index contributed by atoms with van der Waals surface area (Å²) < 4.78 is 22.5. The molecule has 1 heterocycles. The monoisotopic (exact) mass is 416 g/mol. The minimum atomic E-state index is -0.633. The molecule has 1 aliphatic rings. The number of phenolic OH excluding ortho intramolecular Hbond substituents is 1. The Morgan fingerprint density at radius 2 is 2.07 bits per heavy atom. The number of benzene rings is 1. The average molecular weight is 417 g/mol. The molecule has 1 N–H and O–H groups in total. The van der Waals surface area contributed by atoms with E-state index in [4.69, 9.17) is 18.9 Å². The van der Waals surface area contributed by atoms with Crippen LogP contribution in [0.5, 0.6) is 11.5 Å². The van der Waals surface area contributed by atoms with E-state index in [1.54, 1.807) is 13.0 Å². The molecule has 1 aromatic carbocycles. The predicted octanol–water partition coefficient (Wildman–Crippen LogP) is 5.02. The zero-order chi connectivity index (χ0) is 22.3. The standard InChI is InChI=1S/C24H32O6/c1-7-9-12-20-21(30-24(4,5)29-20)13-10-11-16(3)28-23(26)22-17(8-2)14-18(27-6)15-19(22)25/h7-8,10,13-16,20-21,25H,1-2,9,11-12H2,3-6H3/b13-10+/t16-,20-,21+/m0/s1. The van der Waals surface area contributed by atoms with Gasteiger partial charge in [-0.15, -0.1) is 6.58 Å². The molecule has 2 rings (SSSR count). The van der Waals surface area contributed by atoms with E-state index in [9.17, 15) is 9.90 Å². The van der Waals surface area contributed by atoms with Gasteiger partial charge in [-0.2, -0.15) is 0 Å². The van der Waals surface area contributed by atoms with Crippen molar-refractivity contribution in [2.24, 2.45) is 0 Å². The van der Waals surface area contributed by atoms with Crippen molar-refractivity contribution in [3.05, 3.63) is 54.6 Å². The Bertz CT molecular complexity index is 795. The molecule has 1 fully saturated rings. The van der Waals surface area contributed by atoms with Crippen molar-refractivity contribution in [1.29, 1.82) is 0 Å². The number of esters is 1. The lowest BCUT2D eigenvalue weighted by Crippen LogP contribution is -2.21. The Hall–Kier alpha value is -2.57. The lowest BCUT2D eigenvalue weighted by Gasteiger charge is -2.16. The molecule has 0 spiro atoms. The summed E-state index contributed by atoms with van der Waals surface area (Å²) >= 11 is 0. The average Bonchev–Trinajstić information content (AvgIpc) is 2.98. The molecule has 0 unspecified atom stereocenters. The first-order valence-electron chi connectivity index (χ1n) is 10.1. The third-order valence-electron chi connectivity index (χ3n) is 4.76. The highest BCUT2D eigenvalue weighted by Crippen LogP contribution is 2.32. The molecular weight excluding hydrogens is 384 g/mol. The maximum Gasteiger partial charge on any atom is 0.342 e. The zero-order valence-electron chi connectivity index (χ0n) is 18.2. The Morgan fingerprint density at radius 1 is 1.33 bits per heavy atom. The lowest BCUT2D eigenvalue weighted by molar-refractivity contribution is -0.143. The van der Waals surface area contributed by atoms with Gasteiger partial charge in [-0.25, -0.2) is 4.79 Å². The Morgan fingerprint density at radius 3 is 2.70 bits per heavy atom. The molecular formula is C24H32O6. The number of ether oxygens (including phenoxy) is 4. The molecule has 0 bridgehead atoms. The number of phenols is 1. The summed E-state index contributed by atoms with van der Waals surface area (Å²) in [5, 5.41) is 10.2. The minimum absolute atomic E-state index is 0.0431. The van der Waals surface area contributed by atoms with E-state index >= 15 is 0 Å². The van der Waals surface area contributed by atoms with Gasteiger partial charge in [0.2, 0.25) is 0 Å². The van der Waals surface area contributed by atoms with Gasteiger partial charge < -0.3 is 24.1 Å². The third kappa shape index (κ3) is 6.21. The minimum Gasteiger partial charge on any atom is -0.507 e. The number of aromatic hydroxyl groups is 1. The molecule has 0 radical (unpaired) electrons. The van der Waals surface area contributed by atoms with Crippen LogP contribution in [0.25, 0.3) is 6.08 Å². The van der Waals surface area contributed by atoms with Crippen LogP contribution in [0.4, 0.5) is 0 Å². The van der Waals surface area contributed by atoms with Crippen LogP contribution in [0.15, 0.2) is 43.5 Å². The van der Waals surface area contributed by atoms with Crippen LogP contribution in [0, 0.1) is 0 Å². The summed E-state index contributed by atoms with van der Waals surface area (Å²) in [6.07, 6.45) is 8.79. The zero-order valence-corrected chi connectivity index (χ0v) is 18.2. The van der Waals surface area contributed by atoms with Crippen molar-refractivity contribution >= 4 is 12.0 Å². The highest BCUT2D eigenvalue weighted by atomic mass is 16.7. The van der Waals surface area contributed by atoms with E-state index in [1.807, 2.05) is 32.1 Å².